The molecule has 0 aliphatic heterocycles. The monoisotopic (exact) mass is 469 g/mol. The third-order valence-electron chi connectivity index (χ3n) is 5.17. The van der Waals surface area contributed by atoms with E-state index in [4.69, 9.17) is 0 Å². The van der Waals surface area contributed by atoms with E-state index in [1.165, 1.54) is 12.1 Å². The Labute approximate surface area is 193 Å². The van der Waals surface area contributed by atoms with Crippen molar-refractivity contribution in [3.05, 3.63) is 84.1 Å². The van der Waals surface area contributed by atoms with Crippen LogP contribution in [0.4, 0.5) is 13.2 Å². The predicted octanol–water partition coefficient (Wildman–Crippen LogP) is 4.58. The number of hydrogen-bond acceptors (Lipinski definition) is 5. The Morgan fingerprint density at radius 3 is 2.53 bits per heavy atom. The number of fused-ring (bicyclic) bond motifs is 1. The fourth-order valence-corrected chi connectivity index (χ4v) is 3.59. The summed E-state index contributed by atoms with van der Waals surface area (Å²) in [5.74, 6) is 0.229. The lowest BCUT2D eigenvalue weighted by molar-refractivity contribution is -0.274. The lowest BCUT2D eigenvalue weighted by atomic mass is 10.2. The Balaban J connectivity index is 1.47. The van der Waals surface area contributed by atoms with Gasteiger partial charge in [0.2, 0.25) is 5.91 Å². The van der Waals surface area contributed by atoms with Crippen molar-refractivity contribution in [2.45, 2.75) is 38.7 Å². The third kappa shape index (κ3) is 5.89. The third-order valence-corrected chi connectivity index (χ3v) is 5.17. The number of alkyl halides is 3. The van der Waals surface area contributed by atoms with Gasteiger partial charge in [-0.3, -0.25) is 9.78 Å². The smallest absolute Gasteiger partial charge is 0.406 e. The molecule has 0 unspecified atom stereocenters. The first-order valence-electron chi connectivity index (χ1n) is 10.6. The van der Waals surface area contributed by atoms with Crippen LogP contribution in [0.1, 0.15) is 36.5 Å². The van der Waals surface area contributed by atoms with Crippen LogP contribution in [0.3, 0.4) is 0 Å². The van der Waals surface area contributed by atoms with Crippen LogP contribution in [0, 0.1) is 0 Å². The van der Waals surface area contributed by atoms with E-state index in [0.29, 0.717) is 30.0 Å². The zero-order valence-corrected chi connectivity index (χ0v) is 18.3. The molecule has 0 saturated carbocycles. The van der Waals surface area contributed by atoms with Crippen molar-refractivity contribution < 1.29 is 22.7 Å². The van der Waals surface area contributed by atoms with Gasteiger partial charge in [0.05, 0.1) is 18.3 Å². The van der Waals surface area contributed by atoms with Crippen molar-refractivity contribution >= 4 is 17.1 Å². The quantitative estimate of drug-likeness (QED) is 0.408. The van der Waals surface area contributed by atoms with Crippen molar-refractivity contribution in [1.82, 2.24) is 24.8 Å². The number of benzene rings is 1. The first-order chi connectivity index (χ1) is 16.3. The van der Waals surface area contributed by atoms with Gasteiger partial charge in [0.25, 0.3) is 0 Å². The van der Waals surface area contributed by atoms with E-state index in [1.807, 2.05) is 35.8 Å². The van der Waals surface area contributed by atoms with E-state index in [0.717, 1.165) is 11.3 Å². The second-order valence-corrected chi connectivity index (χ2v) is 7.70. The SMILES string of the molecule is C[C@H](NC(=O)CCc1nc2cccnc2n1Cc1ccc(OC(F)(F)F)cc1)c1ccccn1. The van der Waals surface area contributed by atoms with Crippen LogP contribution in [0.2, 0.25) is 0 Å². The summed E-state index contributed by atoms with van der Waals surface area (Å²) in [4.78, 5) is 25.8. The van der Waals surface area contributed by atoms with Crippen molar-refractivity contribution in [2.75, 3.05) is 0 Å². The maximum Gasteiger partial charge on any atom is 0.573 e. The molecule has 3 heterocycles. The van der Waals surface area contributed by atoms with Gasteiger partial charge in [-0.25, -0.2) is 9.97 Å². The van der Waals surface area contributed by atoms with Gasteiger partial charge in [-0.1, -0.05) is 18.2 Å². The Kier molecular flexibility index (Phi) is 6.76. The fraction of sp³-hybridized carbons (Fsp3) is 0.250. The molecule has 1 aromatic carbocycles. The first kappa shape index (κ1) is 23.2. The van der Waals surface area contributed by atoms with E-state index < -0.39 is 6.36 Å². The summed E-state index contributed by atoms with van der Waals surface area (Å²) < 4.78 is 43.1. The zero-order valence-electron chi connectivity index (χ0n) is 18.3. The number of carbonyl (C=O) groups excluding carboxylic acids is 1. The Bertz CT molecular complexity index is 1260. The number of aryl methyl sites for hydroxylation is 1. The minimum Gasteiger partial charge on any atom is -0.406 e. The molecule has 1 N–H and O–H groups in total. The topological polar surface area (TPSA) is 81.9 Å². The standard InChI is InChI=1S/C24H22F3N5O2/c1-16(19-5-2-3-13-28-19)30-22(33)12-11-21-31-20-6-4-14-29-23(20)32(21)15-17-7-9-18(10-8-17)34-24(25,26)27/h2-10,13-14,16H,11-12,15H2,1H3,(H,30,33)/t16-/m0/s1. The van der Waals surface area contributed by atoms with Crippen LogP contribution in [0.15, 0.2) is 67.0 Å². The summed E-state index contributed by atoms with van der Waals surface area (Å²) in [5.41, 5.74) is 2.83. The average molecular weight is 469 g/mol. The minimum absolute atomic E-state index is 0.140. The summed E-state index contributed by atoms with van der Waals surface area (Å²) >= 11 is 0. The molecule has 0 fully saturated rings. The molecule has 1 amide bonds. The molecule has 0 saturated heterocycles. The van der Waals surface area contributed by atoms with Crippen molar-refractivity contribution in [3.8, 4) is 5.75 Å². The van der Waals surface area contributed by atoms with Crippen molar-refractivity contribution in [3.63, 3.8) is 0 Å². The Morgan fingerprint density at radius 1 is 1.06 bits per heavy atom. The molecule has 3 aromatic heterocycles. The molecule has 4 aromatic rings. The zero-order chi connectivity index (χ0) is 24.1. The molecular formula is C24H22F3N5O2. The van der Waals surface area contributed by atoms with Gasteiger partial charge in [0, 0.05) is 25.2 Å². The maximum absolute atomic E-state index is 12.5. The number of hydrogen-bond donors (Lipinski definition) is 1. The van der Waals surface area contributed by atoms with Crippen molar-refractivity contribution in [1.29, 1.82) is 0 Å². The number of pyridine rings is 2. The Hall–Kier alpha value is -3.95. The molecule has 0 aliphatic carbocycles. The van der Waals surface area contributed by atoms with Crippen LogP contribution in [0.5, 0.6) is 5.75 Å². The molecular weight excluding hydrogens is 447 g/mol. The molecule has 0 spiro atoms. The highest BCUT2D eigenvalue weighted by molar-refractivity contribution is 5.77. The number of aromatic nitrogens is 4. The highest BCUT2D eigenvalue weighted by Gasteiger charge is 2.31. The number of nitrogens with one attached hydrogen (secondary N) is 1. The number of imidazole rings is 1. The van der Waals surface area contributed by atoms with Gasteiger partial charge in [0.15, 0.2) is 5.65 Å². The van der Waals surface area contributed by atoms with E-state index in [2.05, 4.69) is 25.0 Å². The Morgan fingerprint density at radius 2 is 1.82 bits per heavy atom. The molecule has 0 radical (unpaired) electrons. The van der Waals surface area contributed by atoms with Gasteiger partial charge < -0.3 is 14.6 Å². The van der Waals surface area contributed by atoms with Gasteiger partial charge >= 0.3 is 6.36 Å². The summed E-state index contributed by atoms with van der Waals surface area (Å²) in [5, 5.41) is 2.93. The van der Waals surface area contributed by atoms with E-state index in [1.54, 1.807) is 30.6 Å². The summed E-state index contributed by atoms with van der Waals surface area (Å²) in [6.07, 6.45) is -0.847. The van der Waals surface area contributed by atoms with E-state index >= 15 is 0 Å². The van der Waals surface area contributed by atoms with Crippen LogP contribution in [-0.2, 0) is 17.8 Å². The molecule has 1 atom stereocenters. The largest absolute Gasteiger partial charge is 0.573 e. The minimum atomic E-state index is -4.74. The van der Waals surface area contributed by atoms with Gasteiger partial charge in [0.1, 0.15) is 17.1 Å². The number of rotatable bonds is 8. The number of nitrogens with zero attached hydrogens (tertiary/aromatic N) is 4. The average Bonchev–Trinajstić information content (AvgIpc) is 3.16. The number of amides is 1. The van der Waals surface area contributed by atoms with E-state index in [-0.39, 0.29) is 24.1 Å². The summed E-state index contributed by atoms with van der Waals surface area (Å²) in [6, 6.07) is 14.5. The van der Waals surface area contributed by atoms with Gasteiger partial charge in [-0.15, -0.1) is 13.2 Å². The summed E-state index contributed by atoms with van der Waals surface area (Å²) in [6.45, 7) is 2.20. The lowest BCUT2D eigenvalue weighted by Crippen LogP contribution is -2.27. The second-order valence-electron chi connectivity index (χ2n) is 7.70. The highest BCUT2D eigenvalue weighted by atomic mass is 19.4. The molecule has 0 bridgehead atoms. The molecule has 0 aliphatic rings. The molecule has 34 heavy (non-hydrogen) atoms. The molecule has 10 heteroatoms. The predicted molar refractivity (Wildman–Crippen MR) is 119 cm³/mol. The fourth-order valence-electron chi connectivity index (χ4n) is 3.59. The van der Waals surface area contributed by atoms with E-state index in [9.17, 15) is 18.0 Å². The lowest BCUT2D eigenvalue weighted by Gasteiger charge is -2.14. The summed E-state index contributed by atoms with van der Waals surface area (Å²) in [7, 11) is 0. The highest BCUT2D eigenvalue weighted by Crippen LogP contribution is 2.24. The number of ether oxygens (including phenoxy) is 1. The van der Waals surface area contributed by atoms with Crippen LogP contribution < -0.4 is 10.1 Å². The van der Waals surface area contributed by atoms with Crippen LogP contribution in [0.25, 0.3) is 11.2 Å². The first-order valence-corrected chi connectivity index (χ1v) is 10.6. The van der Waals surface area contributed by atoms with Gasteiger partial charge in [-0.2, -0.15) is 0 Å². The molecule has 7 nitrogen and oxygen atoms in total. The van der Waals surface area contributed by atoms with Crippen molar-refractivity contribution in [2.24, 2.45) is 0 Å². The number of carbonyl (C=O) groups is 1. The second kappa shape index (κ2) is 9.90. The molecule has 4 rings (SSSR count). The molecule has 176 valence electrons. The van der Waals surface area contributed by atoms with Gasteiger partial charge in [-0.05, 0) is 48.9 Å². The van der Waals surface area contributed by atoms with Crippen LogP contribution >= 0.6 is 0 Å². The maximum atomic E-state index is 12.5. The normalized spacial score (nSPS) is 12.5. The number of halogens is 3. The van der Waals surface area contributed by atoms with Crippen LogP contribution in [-0.4, -0.2) is 31.8 Å².